The van der Waals surface area contributed by atoms with E-state index in [0.29, 0.717) is 6.54 Å². The van der Waals surface area contributed by atoms with Crippen LogP contribution in [0.2, 0.25) is 0 Å². The Balaban J connectivity index is 3.22. The Bertz CT molecular complexity index is 91.6. The minimum absolute atomic E-state index is 0.165. The molecule has 0 aliphatic heterocycles. The fourth-order valence-corrected chi connectivity index (χ4v) is 0.541. The first kappa shape index (κ1) is 8.48. The largest absolute Gasteiger partial charge is 0.395 e. The molecule has 0 saturated carbocycles. The van der Waals surface area contributed by atoms with Gasteiger partial charge in [-0.3, -0.25) is 0 Å². The highest BCUT2D eigenvalue weighted by Gasteiger charge is 1.99. The molecule has 0 aromatic heterocycles. The highest BCUT2D eigenvalue weighted by atomic mass is 16.3. The van der Waals surface area contributed by atoms with E-state index in [0.717, 1.165) is 6.42 Å². The SMILES string of the molecule is C#CCNC(CC)CO. The van der Waals surface area contributed by atoms with Crippen LogP contribution in [0.1, 0.15) is 13.3 Å². The molecule has 0 aromatic carbocycles. The van der Waals surface area contributed by atoms with E-state index in [1.807, 2.05) is 6.92 Å². The molecule has 0 bridgehead atoms. The number of rotatable bonds is 4. The second-order valence-corrected chi connectivity index (χ2v) is 1.87. The van der Waals surface area contributed by atoms with Gasteiger partial charge in [0.15, 0.2) is 0 Å². The molecule has 0 aromatic rings. The van der Waals surface area contributed by atoms with Gasteiger partial charge in [0.25, 0.3) is 0 Å². The van der Waals surface area contributed by atoms with Gasteiger partial charge in [0.2, 0.25) is 0 Å². The number of nitrogens with one attached hydrogen (secondary N) is 1. The zero-order valence-electron chi connectivity index (χ0n) is 5.72. The van der Waals surface area contributed by atoms with Gasteiger partial charge in [-0.1, -0.05) is 12.8 Å². The molecule has 52 valence electrons. The lowest BCUT2D eigenvalue weighted by atomic mass is 10.2. The van der Waals surface area contributed by atoms with Crippen LogP contribution in [0.3, 0.4) is 0 Å². The molecule has 9 heavy (non-hydrogen) atoms. The zero-order chi connectivity index (χ0) is 7.11. The summed E-state index contributed by atoms with van der Waals surface area (Å²) >= 11 is 0. The van der Waals surface area contributed by atoms with Crippen LogP contribution in [0.4, 0.5) is 0 Å². The Morgan fingerprint density at radius 3 is 2.78 bits per heavy atom. The molecule has 0 fully saturated rings. The predicted molar refractivity (Wildman–Crippen MR) is 38.0 cm³/mol. The maximum absolute atomic E-state index is 8.62. The zero-order valence-corrected chi connectivity index (χ0v) is 5.72. The molecule has 0 amide bonds. The smallest absolute Gasteiger partial charge is 0.0584 e. The Morgan fingerprint density at radius 2 is 2.44 bits per heavy atom. The lowest BCUT2D eigenvalue weighted by Gasteiger charge is -2.10. The molecule has 0 spiro atoms. The van der Waals surface area contributed by atoms with Crippen LogP contribution >= 0.6 is 0 Å². The van der Waals surface area contributed by atoms with Gasteiger partial charge < -0.3 is 10.4 Å². The van der Waals surface area contributed by atoms with Crippen LogP contribution in [0.5, 0.6) is 0 Å². The van der Waals surface area contributed by atoms with E-state index in [1.165, 1.54) is 0 Å². The third kappa shape index (κ3) is 4.01. The van der Waals surface area contributed by atoms with Crippen LogP contribution in [0.15, 0.2) is 0 Å². The van der Waals surface area contributed by atoms with Crippen LogP contribution in [0.25, 0.3) is 0 Å². The van der Waals surface area contributed by atoms with Gasteiger partial charge >= 0.3 is 0 Å². The fraction of sp³-hybridized carbons (Fsp3) is 0.714. The number of terminal acetylenes is 1. The maximum atomic E-state index is 8.62. The van der Waals surface area contributed by atoms with E-state index >= 15 is 0 Å². The van der Waals surface area contributed by atoms with Crippen molar-refractivity contribution in [3.63, 3.8) is 0 Å². The summed E-state index contributed by atoms with van der Waals surface area (Å²) in [5.74, 6) is 2.44. The summed E-state index contributed by atoms with van der Waals surface area (Å²) in [6.45, 7) is 2.71. The molecule has 0 aliphatic rings. The number of aliphatic hydroxyl groups excluding tert-OH is 1. The van der Waals surface area contributed by atoms with Crippen LogP contribution < -0.4 is 5.32 Å². The van der Waals surface area contributed by atoms with Crippen molar-refractivity contribution < 1.29 is 5.11 Å². The second kappa shape index (κ2) is 5.61. The van der Waals surface area contributed by atoms with Crippen molar-refractivity contribution in [3.8, 4) is 12.3 Å². The standard InChI is InChI=1S/C7H13NO/c1-3-5-8-7(4-2)6-9/h1,7-9H,4-6H2,2H3. The highest BCUT2D eigenvalue weighted by Crippen LogP contribution is 1.85. The summed E-state index contributed by atoms with van der Waals surface area (Å²) in [7, 11) is 0. The van der Waals surface area contributed by atoms with E-state index in [2.05, 4.69) is 11.2 Å². The van der Waals surface area contributed by atoms with E-state index < -0.39 is 0 Å². The van der Waals surface area contributed by atoms with Crippen molar-refractivity contribution in [1.29, 1.82) is 0 Å². The molecule has 0 rings (SSSR count). The number of hydrogen-bond donors (Lipinski definition) is 2. The Morgan fingerprint density at radius 1 is 1.78 bits per heavy atom. The minimum Gasteiger partial charge on any atom is -0.395 e. The fourth-order valence-electron chi connectivity index (χ4n) is 0.541. The Labute approximate surface area is 56.3 Å². The van der Waals surface area contributed by atoms with Gasteiger partial charge in [-0.2, -0.15) is 0 Å². The van der Waals surface area contributed by atoms with E-state index in [-0.39, 0.29) is 12.6 Å². The Kier molecular flexibility index (Phi) is 5.29. The van der Waals surface area contributed by atoms with E-state index in [4.69, 9.17) is 11.5 Å². The lowest BCUT2D eigenvalue weighted by molar-refractivity contribution is 0.243. The molecule has 0 saturated heterocycles. The van der Waals surface area contributed by atoms with Crippen molar-refractivity contribution in [1.82, 2.24) is 5.32 Å². The average Bonchev–Trinajstić information content (AvgIpc) is 1.91. The van der Waals surface area contributed by atoms with Gasteiger partial charge in [-0.15, -0.1) is 6.42 Å². The molecule has 0 heterocycles. The first-order valence-electron chi connectivity index (χ1n) is 3.12. The average molecular weight is 127 g/mol. The topological polar surface area (TPSA) is 32.3 Å². The van der Waals surface area contributed by atoms with Gasteiger partial charge in [-0.05, 0) is 6.42 Å². The summed E-state index contributed by atoms with van der Waals surface area (Å²) in [5.41, 5.74) is 0. The maximum Gasteiger partial charge on any atom is 0.0584 e. The summed E-state index contributed by atoms with van der Waals surface area (Å²) < 4.78 is 0. The quantitative estimate of drug-likeness (QED) is 0.520. The minimum atomic E-state index is 0.165. The van der Waals surface area contributed by atoms with E-state index in [9.17, 15) is 0 Å². The van der Waals surface area contributed by atoms with Crippen molar-refractivity contribution in [2.75, 3.05) is 13.2 Å². The summed E-state index contributed by atoms with van der Waals surface area (Å²) in [6.07, 6.45) is 5.91. The van der Waals surface area contributed by atoms with Gasteiger partial charge in [-0.25, -0.2) is 0 Å². The third-order valence-corrected chi connectivity index (χ3v) is 1.21. The Hall–Kier alpha value is -0.520. The third-order valence-electron chi connectivity index (χ3n) is 1.21. The molecule has 1 unspecified atom stereocenters. The van der Waals surface area contributed by atoms with Crippen LogP contribution in [0, 0.1) is 12.3 Å². The van der Waals surface area contributed by atoms with E-state index in [1.54, 1.807) is 0 Å². The summed E-state index contributed by atoms with van der Waals surface area (Å²) in [5, 5.41) is 11.6. The molecule has 2 N–H and O–H groups in total. The molecule has 0 radical (unpaired) electrons. The highest BCUT2D eigenvalue weighted by molar-refractivity contribution is 4.87. The van der Waals surface area contributed by atoms with Crippen molar-refractivity contribution >= 4 is 0 Å². The number of aliphatic hydroxyl groups is 1. The predicted octanol–water partition coefficient (Wildman–Crippen LogP) is -0.0199. The molecule has 2 heteroatoms. The van der Waals surface area contributed by atoms with Crippen LogP contribution in [-0.4, -0.2) is 24.3 Å². The van der Waals surface area contributed by atoms with Crippen molar-refractivity contribution in [3.05, 3.63) is 0 Å². The normalized spacial score (nSPS) is 12.6. The molecule has 1 atom stereocenters. The summed E-state index contributed by atoms with van der Waals surface area (Å²) in [4.78, 5) is 0. The number of hydrogen-bond acceptors (Lipinski definition) is 2. The first-order chi connectivity index (χ1) is 4.35. The summed E-state index contributed by atoms with van der Waals surface area (Å²) in [6, 6.07) is 0.168. The van der Waals surface area contributed by atoms with Crippen molar-refractivity contribution in [2.45, 2.75) is 19.4 Å². The molecule has 0 aliphatic carbocycles. The molecular formula is C7H13NO. The molecular weight excluding hydrogens is 114 g/mol. The van der Waals surface area contributed by atoms with Gasteiger partial charge in [0.1, 0.15) is 0 Å². The molecule has 2 nitrogen and oxygen atoms in total. The first-order valence-corrected chi connectivity index (χ1v) is 3.12. The second-order valence-electron chi connectivity index (χ2n) is 1.87. The van der Waals surface area contributed by atoms with Crippen LogP contribution in [-0.2, 0) is 0 Å². The van der Waals surface area contributed by atoms with Gasteiger partial charge in [0, 0.05) is 6.04 Å². The monoisotopic (exact) mass is 127 g/mol. The van der Waals surface area contributed by atoms with Gasteiger partial charge in [0.05, 0.1) is 13.2 Å². The van der Waals surface area contributed by atoms with Crippen molar-refractivity contribution in [2.24, 2.45) is 0 Å². The lowest BCUT2D eigenvalue weighted by Crippen LogP contribution is -2.31.